The number of aliphatic carboxylic acids is 1. The van der Waals surface area contributed by atoms with Crippen molar-refractivity contribution >= 4 is 5.97 Å². The van der Waals surface area contributed by atoms with Crippen molar-refractivity contribution in [3.8, 4) is 0 Å². The van der Waals surface area contributed by atoms with E-state index in [1.54, 1.807) is 0 Å². The molecule has 4 heteroatoms. The van der Waals surface area contributed by atoms with Gasteiger partial charge >= 0.3 is 5.97 Å². The van der Waals surface area contributed by atoms with Crippen molar-refractivity contribution in [2.75, 3.05) is 0 Å². The molecular formula is C22H34O4. The maximum Gasteiger partial charge on any atom is 0.306 e. The van der Waals surface area contributed by atoms with Crippen molar-refractivity contribution < 1.29 is 20.1 Å². The molecule has 0 heterocycles. The van der Waals surface area contributed by atoms with Gasteiger partial charge in [0.1, 0.15) is 0 Å². The molecule has 3 saturated carbocycles. The summed E-state index contributed by atoms with van der Waals surface area (Å²) >= 11 is 0. The summed E-state index contributed by atoms with van der Waals surface area (Å²) in [7, 11) is 0. The molecule has 4 aliphatic rings. The van der Waals surface area contributed by atoms with Gasteiger partial charge in [0.25, 0.3) is 0 Å². The van der Waals surface area contributed by atoms with Crippen LogP contribution in [-0.4, -0.2) is 33.0 Å². The molecule has 0 bridgehead atoms. The molecule has 0 saturated heterocycles. The van der Waals surface area contributed by atoms with Gasteiger partial charge in [-0.1, -0.05) is 32.4 Å². The monoisotopic (exact) mass is 362 g/mol. The normalized spacial score (nSPS) is 51.7. The Kier molecular flexibility index (Phi) is 4.13. The highest BCUT2D eigenvalue weighted by Gasteiger charge is 2.66. The summed E-state index contributed by atoms with van der Waals surface area (Å²) in [4.78, 5) is 11.6. The highest BCUT2D eigenvalue weighted by molar-refractivity contribution is 5.70. The van der Waals surface area contributed by atoms with E-state index in [0.717, 1.165) is 51.4 Å². The average molecular weight is 363 g/mol. The van der Waals surface area contributed by atoms with E-state index in [1.807, 2.05) is 13.0 Å². The minimum absolute atomic E-state index is 0.0282. The predicted molar refractivity (Wildman–Crippen MR) is 99.5 cm³/mol. The zero-order valence-electron chi connectivity index (χ0n) is 16.4. The predicted octanol–water partition coefficient (Wildman–Crippen LogP) is 3.76. The van der Waals surface area contributed by atoms with Crippen LogP contribution < -0.4 is 0 Å². The van der Waals surface area contributed by atoms with Gasteiger partial charge in [-0.15, -0.1) is 0 Å². The van der Waals surface area contributed by atoms with Crippen molar-refractivity contribution in [1.29, 1.82) is 0 Å². The minimum Gasteiger partial charge on any atom is -0.481 e. The van der Waals surface area contributed by atoms with Crippen LogP contribution in [0.2, 0.25) is 0 Å². The van der Waals surface area contributed by atoms with Crippen molar-refractivity contribution in [2.24, 2.45) is 34.5 Å². The highest BCUT2D eigenvalue weighted by atomic mass is 16.4. The summed E-state index contributed by atoms with van der Waals surface area (Å²) in [6.07, 6.45) is 8.86. The van der Waals surface area contributed by atoms with Crippen LogP contribution in [0.4, 0.5) is 0 Å². The minimum atomic E-state index is -0.706. The molecular weight excluding hydrogens is 328 g/mol. The third-order valence-electron chi connectivity index (χ3n) is 9.34. The molecule has 3 fully saturated rings. The van der Waals surface area contributed by atoms with Crippen LogP contribution in [-0.2, 0) is 4.79 Å². The van der Waals surface area contributed by atoms with E-state index in [0.29, 0.717) is 5.92 Å². The quantitative estimate of drug-likeness (QED) is 0.654. The summed E-state index contributed by atoms with van der Waals surface area (Å²) in [6, 6.07) is 0. The molecule has 3 N–H and O–H groups in total. The first-order valence-electron chi connectivity index (χ1n) is 10.5. The molecule has 4 aliphatic carbocycles. The Morgan fingerprint density at radius 3 is 2.54 bits per heavy atom. The largest absolute Gasteiger partial charge is 0.481 e. The molecule has 26 heavy (non-hydrogen) atoms. The summed E-state index contributed by atoms with van der Waals surface area (Å²) in [5, 5.41) is 31.6. The van der Waals surface area contributed by atoms with Crippen LogP contribution in [0.1, 0.15) is 72.1 Å². The van der Waals surface area contributed by atoms with Crippen LogP contribution in [0.25, 0.3) is 0 Å². The Balaban J connectivity index is 1.68. The number of aliphatic hydroxyl groups excluding tert-OH is 1. The molecule has 0 spiro atoms. The molecule has 0 aromatic carbocycles. The van der Waals surface area contributed by atoms with E-state index in [-0.39, 0.29) is 34.7 Å². The van der Waals surface area contributed by atoms with Gasteiger partial charge in [-0.05, 0) is 74.5 Å². The highest BCUT2D eigenvalue weighted by Crippen LogP contribution is 2.69. The lowest BCUT2D eigenvalue weighted by molar-refractivity contribution is -0.196. The number of carboxylic acids is 1. The molecule has 0 amide bonds. The van der Waals surface area contributed by atoms with Gasteiger partial charge < -0.3 is 15.3 Å². The second-order valence-corrected chi connectivity index (χ2v) is 10.1. The van der Waals surface area contributed by atoms with Crippen molar-refractivity contribution in [1.82, 2.24) is 0 Å². The molecule has 0 radical (unpaired) electrons. The van der Waals surface area contributed by atoms with E-state index < -0.39 is 11.6 Å². The van der Waals surface area contributed by atoms with E-state index in [2.05, 4.69) is 13.8 Å². The van der Waals surface area contributed by atoms with Crippen LogP contribution in [0.15, 0.2) is 11.6 Å². The molecule has 0 aliphatic heterocycles. The number of carboxylic acid groups (broad SMARTS) is 1. The lowest BCUT2D eigenvalue weighted by Gasteiger charge is -2.63. The van der Waals surface area contributed by atoms with Crippen LogP contribution in [0, 0.1) is 34.5 Å². The lowest BCUT2D eigenvalue weighted by atomic mass is 9.44. The molecule has 8 atom stereocenters. The molecule has 3 unspecified atom stereocenters. The average Bonchev–Trinajstić information content (AvgIpc) is 2.93. The number of hydrogen-bond donors (Lipinski definition) is 3. The number of carbonyl (C=O) groups is 1. The van der Waals surface area contributed by atoms with Gasteiger partial charge in [-0.2, -0.15) is 0 Å². The first-order chi connectivity index (χ1) is 12.1. The van der Waals surface area contributed by atoms with E-state index in [9.17, 15) is 20.1 Å². The Morgan fingerprint density at radius 1 is 1.12 bits per heavy atom. The van der Waals surface area contributed by atoms with Crippen molar-refractivity contribution in [3.63, 3.8) is 0 Å². The topological polar surface area (TPSA) is 77.8 Å². The number of hydrogen-bond acceptors (Lipinski definition) is 3. The van der Waals surface area contributed by atoms with Crippen LogP contribution >= 0.6 is 0 Å². The Hall–Kier alpha value is -0.870. The molecule has 0 aromatic rings. The Bertz CT molecular complexity index is 642. The summed E-state index contributed by atoms with van der Waals surface area (Å²) in [6.45, 7) is 6.38. The van der Waals surface area contributed by atoms with Gasteiger partial charge in [0.15, 0.2) is 0 Å². The molecule has 146 valence electrons. The zero-order chi connectivity index (χ0) is 18.9. The fraction of sp³-hybridized carbons (Fsp3) is 0.864. The maximum absolute atomic E-state index is 12.0. The Labute approximate surface area is 156 Å². The molecule has 0 aromatic heterocycles. The standard InChI is InChI=1S/C22H34O4/c1-13(19(24)25)16-6-7-17-18-5-4-14-12-15(23)8-9-21(14,3)22(18,26)11-10-20(16,17)2/h12-13,15-18,23,26H,4-11H2,1-3H3,(H,24,25)/t13-,15?,16+,17?,18?,20+,21-,22+/m0/s1. The first-order valence-corrected chi connectivity index (χ1v) is 10.5. The summed E-state index contributed by atoms with van der Waals surface area (Å²) in [5.74, 6) is -0.106. The van der Waals surface area contributed by atoms with Gasteiger partial charge in [0.05, 0.1) is 17.6 Å². The van der Waals surface area contributed by atoms with E-state index in [1.165, 1.54) is 5.57 Å². The zero-order valence-corrected chi connectivity index (χ0v) is 16.4. The van der Waals surface area contributed by atoms with Crippen LogP contribution in [0.3, 0.4) is 0 Å². The number of fused-ring (bicyclic) bond motifs is 5. The van der Waals surface area contributed by atoms with Crippen LogP contribution in [0.5, 0.6) is 0 Å². The molecule has 4 nitrogen and oxygen atoms in total. The lowest BCUT2D eigenvalue weighted by Crippen LogP contribution is -2.63. The van der Waals surface area contributed by atoms with Gasteiger partial charge in [0, 0.05) is 5.41 Å². The van der Waals surface area contributed by atoms with Crippen molar-refractivity contribution in [2.45, 2.75) is 83.8 Å². The summed E-state index contributed by atoms with van der Waals surface area (Å²) in [5.41, 5.74) is 0.350. The molecule has 4 rings (SSSR count). The summed E-state index contributed by atoms with van der Waals surface area (Å²) < 4.78 is 0. The third-order valence-corrected chi connectivity index (χ3v) is 9.34. The SMILES string of the molecule is C[C@H](C(=O)O)[C@H]1CCC2C3CCC4=CC(O)CC[C@]4(C)[C@@]3(O)CC[C@@]21C. The van der Waals surface area contributed by atoms with E-state index >= 15 is 0 Å². The van der Waals surface area contributed by atoms with Gasteiger partial charge in [0.2, 0.25) is 0 Å². The van der Waals surface area contributed by atoms with Crippen molar-refractivity contribution in [3.05, 3.63) is 11.6 Å². The third kappa shape index (κ3) is 2.24. The fourth-order valence-electron chi connectivity index (χ4n) is 7.68. The fourth-order valence-corrected chi connectivity index (χ4v) is 7.68. The smallest absolute Gasteiger partial charge is 0.306 e. The van der Waals surface area contributed by atoms with E-state index in [4.69, 9.17) is 0 Å². The number of aliphatic hydroxyl groups is 2. The second kappa shape index (κ2) is 5.81. The van der Waals surface area contributed by atoms with Gasteiger partial charge in [-0.3, -0.25) is 4.79 Å². The maximum atomic E-state index is 12.0. The Morgan fingerprint density at radius 2 is 1.85 bits per heavy atom. The second-order valence-electron chi connectivity index (χ2n) is 10.1. The first kappa shape index (κ1) is 18.5. The number of rotatable bonds is 2. The van der Waals surface area contributed by atoms with Gasteiger partial charge in [-0.25, -0.2) is 0 Å².